The quantitative estimate of drug-likeness (QED) is 0.746. The van der Waals surface area contributed by atoms with Gasteiger partial charge >= 0.3 is 0 Å². The molecule has 0 radical (unpaired) electrons. The van der Waals surface area contributed by atoms with Crippen LogP contribution < -0.4 is 10.1 Å². The highest BCUT2D eigenvalue weighted by Crippen LogP contribution is 2.28. The molecule has 0 heterocycles. The second-order valence-electron chi connectivity index (χ2n) is 5.36. The average molecular weight is 267 g/mol. The molecule has 1 aromatic carbocycles. The summed E-state index contributed by atoms with van der Waals surface area (Å²) in [7, 11) is 1.65. The molecule has 0 saturated carbocycles. The van der Waals surface area contributed by atoms with Gasteiger partial charge in [-0.1, -0.05) is 6.07 Å². The third kappa shape index (κ3) is 5.09. The number of ether oxygens (including phenoxy) is 2. The second-order valence-corrected chi connectivity index (χ2v) is 5.36. The number of methoxy groups -OCH3 is 1. The van der Waals surface area contributed by atoms with Crippen LogP contribution in [0.25, 0.3) is 0 Å². The Morgan fingerprint density at radius 2 is 2.00 bits per heavy atom. The summed E-state index contributed by atoms with van der Waals surface area (Å²) in [6.07, 6.45) is 0. The van der Waals surface area contributed by atoms with Crippen molar-refractivity contribution in [2.75, 3.05) is 25.6 Å². The molecule has 4 heteroatoms. The largest absolute Gasteiger partial charge is 0.489 e. The van der Waals surface area contributed by atoms with Crippen LogP contribution in [0.1, 0.15) is 26.3 Å². The Labute approximate surface area is 115 Å². The third-order valence-corrected chi connectivity index (χ3v) is 3.11. The topological polar surface area (TPSA) is 50.7 Å². The number of hydrogen-bond donors (Lipinski definition) is 2. The van der Waals surface area contributed by atoms with Crippen LogP contribution in [0.3, 0.4) is 0 Å². The van der Waals surface area contributed by atoms with E-state index in [0.717, 1.165) is 17.0 Å². The molecule has 1 unspecified atom stereocenters. The summed E-state index contributed by atoms with van der Waals surface area (Å²) < 4.78 is 10.7. The van der Waals surface area contributed by atoms with E-state index < -0.39 is 5.60 Å². The standard InChI is InChI=1S/C15H25NO3/c1-11-6-7-13(16-12(2)15(3,4)17)14(10-11)19-9-8-18-5/h6-7,10,12,16-17H,8-9H2,1-5H3. The Hall–Kier alpha value is -1.26. The Bertz CT molecular complexity index is 399. The normalized spacial score (nSPS) is 13.2. The lowest BCUT2D eigenvalue weighted by Gasteiger charge is -2.28. The van der Waals surface area contributed by atoms with Gasteiger partial charge in [-0.15, -0.1) is 0 Å². The molecule has 0 spiro atoms. The maximum Gasteiger partial charge on any atom is 0.142 e. The molecule has 1 rings (SSSR count). The van der Waals surface area contributed by atoms with Gasteiger partial charge in [-0.05, 0) is 45.4 Å². The summed E-state index contributed by atoms with van der Waals surface area (Å²) in [5.74, 6) is 0.785. The van der Waals surface area contributed by atoms with E-state index in [4.69, 9.17) is 9.47 Å². The first-order valence-electron chi connectivity index (χ1n) is 6.56. The molecule has 1 aromatic rings. The zero-order valence-corrected chi connectivity index (χ0v) is 12.5. The molecule has 0 aliphatic rings. The number of aliphatic hydroxyl groups is 1. The van der Waals surface area contributed by atoms with E-state index in [9.17, 15) is 5.11 Å². The van der Waals surface area contributed by atoms with Gasteiger partial charge in [0.25, 0.3) is 0 Å². The molecule has 0 fully saturated rings. The first-order chi connectivity index (χ1) is 8.84. The molecule has 0 bridgehead atoms. The first kappa shape index (κ1) is 15.8. The van der Waals surface area contributed by atoms with Crippen molar-refractivity contribution >= 4 is 5.69 Å². The molecule has 0 saturated heterocycles. The van der Waals surface area contributed by atoms with E-state index >= 15 is 0 Å². The van der Waals surface area contributed by atoms with E-state index in [1.165, 1.54) is 0 Å². The highest BCUT2D eigenvalue weighted by Gasteiger charge is 2.22. The predicted molar refractivity (Wildman–Crippen MR) is 77.9 cm³/mol. The zero-order valence-electron chi connectivity index (χ0n) is 12.5. The van der Waals surface area contributed by atoms with Crippen molar-refractivity contribution in [3.63, 3.8) is 0 Å². The van der Waals surface area contributed by atoms with Gasteiger partial charge in [0.15, 0.2) is 0 Å². The van der Waals surface area contributed by atoms with Gasteiger partial charge in [-0.2, -0.15) is 0 Å². The highest BCUT2D eigenvalue weighted by molar-refractivity contribution is 5.58. The number of nitrogens with one attached hydrogen (secondary N) is 1. The lowest BCUT2D eigenvalue weighted by atomic mass is 10.0. The van der Waals surface area contributed by atoms with Gasteiger partial charge in [0.2, 0.25) is 0 Å². The first-order valence-corrected chi connectivity index (χ1v) is 6.56. The SMILES string of the molecule is COCCOc1cc(C)ccc1NC(C)C(C)(C)O. The summed E-state index contributed by atoms with van der Waals surface area (Å²) >= 11 is 0. The van der Waals surface area contributed by atoms with Crippen LogP contribution in [-0.2, 0) is 4.74 Å². The summed E-state index contributed by atoms with van der Waals surface area (Å²) in [4.78, 5) is 0. The van der Waals surface area contributed by atoms with Crippen molar-refractivity contribution in [1.29, 1.82) is 0 Å². The molecular weight excluding hydrogens is 242 g/mol. The molecule has 19 heavy (non-hydrogen) atoms. The molecule has 0 aliphatic heterocycles. The van der Waals surface area contributed by atoms with Crippen LogP contribution in [0.4, 0.5) is 5.69 Å². The number of rotatable bonds is 7. The number of anilines is 1. The zero-order chi connectivity index (χ0) is 14.5. The summed E-state index contributed by atoms with van der Waals surface area (Å²) in [5.41, 5.74) is 1.22. The minimum absolute atomic E-state index is 0.0834. The van der Waals surface area contributed by atoms with E-state index in [2.05, 4.69) is 5.32 Å². The lowest BCUT2D eigenvalue weighted by Crippen LogP contribution is -2.39. The Balaban J connectivity index is 2.81. The molecule has 0 aliphatic carbocycles. The predicted octanol–water partition coefficient (Wildman–Crippen LogP) is 2.59. The molecule has 1 atom stereocenters. The van der Waals surface area contributed by atoms with Crippen molar-refractivity contribution in [2.24, 2.45) is 0 Å². The van der Waals surface area contributed by atoms with Gasteiger partial charge in [-0.3, -0.25) is 0 Å². The van der Waals surface area contributed by atoms with E-state index in [-0.39, 0.29) is 6.04 Å². The summed E-state index contributed by atoms with van der Waals surface area (Å²) in [6.45, 7) is 8.58. The smallest absolute Gasteiger partial charge is 0.142 e. The molecule has 0 amide bonds. The Morgan fingerprint density at radius 3 is 2.58 bits per heavy atom. The van der Waals surface area contributed by atoms with Crippen molar-refractivity contribution in [2.45, 2.75) is 39.3 Å². The van der Waals surface area contributed by atoms with Crippen molar-refractivity contribution in [3.05, 3.63) is 23.8 Å². The maximum atomic E-state index is 9.98. The van der Waals surface area contributed by atoms with Gasteiger partial charge in [-0.25, -0.2) is 0 Å². The summed E-state index contributed by atoms with van der Waals surface area (Å²) in [5, 5.41) is 13.3. The van der Waals surface area contributed by atoms with Gasteiger partial charge in [0, 0.05) is 7.11 Å². The van der Waals surface area contributed by atoms with Crippen LogP contribution in [0, 0.1) is 6.92 Å². The van der Waals surface area contributed by atoms with Crippen molar-refractivity contribution in [1.82, 2.24) is 0 Å². The van der Waals surface area contributed by atoms with Crippen LogP contribution >= 0.6 is 0 Å². The van der Waals surface area contributed by atoms with Gasteiger partial charge in [0.1, 0.15) is 12.4 Å². The number of benzene rings is 1. The van der Waals surface area contributed by atoms with Gasteiger partial charge in [0.05, 0.1) is 23.9 Å². The van der Waals surface area contributed by atoms with Crippen LogP contribution in [-0.4, -0.2) is 37.1 Å². The van der Waals surface area contributed by atoms with Gasteiger partial charge < -0.3 is 19.9 Å². The fourth-order valence-electron chi connectivity index (χ4n) is 1.51. The summed E-state index contributed by atoms with van der Waals surface area (Å²) in [6, 6.07) is 5.89. The van der Waals surface area contributed by atoms with Crippen LogP contribution in [0.2, 0.25) is 0 Å². The van der Waals surface area contributed by atoms with Crippen molar-refractivity contribution < 1.29 is 14.6 Å². The average Bonchev–Trinajstić information content (AvgIpc) is 2.31. The Morgan fingerprint density at radius 1 is 1.32 bits per heavy atom. The molecule has 2 N–H and O–H groups in total. The maximum absolute atomic E-state index is 9.98. The van der Waals surface area contributed by atoms with E-state index in [1.807, 2.05) is 32.0 Å². The lowest BCUT2D eigenvalue weighted by molar-refractivity contribution is 0.0648. The second kappa shape index (κ2) is 6.78. The van der Waals surface area contributed by atoms with Crippen LogP contribution in [0.15, 0.2) is 18.2 Å². The fourth-order valence-corrected chi connectivity index (χ4v) is 1.51. The number of aryl methyl sites for hydroxylation is 1. The highest BCUT2D eigenvalue weighted by atomic mass is 16.5. The van der Waals surface area contributed by atoms with Crippen LogP contribution in [0.5, 0.6) is 5.75 Å². The van der Waals surface area contributed by atoms with E-state index in [0.29, 0.717) is 13.2 Å². The van der Waals surface area contributed by atoms with E-state index in [1.54, 1.807) is 21.0 Å². The number of hydrogen-bond acceptors (Lipinski definition) is 4. The molecule has 4 nitrogen and oxygen atoms in total. The monoisotopic (exact) mass is 267 g/mol. The molecule has 0 aromatic heterocycles. The minimum Gasteiger partial charge on any atom is -0.489 e. The molecular formula is C15H25NO3. The fraction of sp³-hybridized carbons (Fsp3) is 0.600. The van der Waals surface area contributed by atoms with Crippen molar-refractivity contribution in [3.8, 4) is 5.75 Å². The minimum atomic E-state index is -0.797. The third-order valence-electron chi connectivity index (χ3n) is 3.11. The Kier molecular flexibility index (Phi) is 5.63. The molecule has 108 valence electrons.